The Kier molecular flexibility index (Phi) is 20.9. The molecular weight excluding hydrogens is 1350 g/mol. The number of hydrogen-bond donors (Lipinski definition) is 4. The number of fused-ring (bicyclic) bond motifs is 8. The standard InChI is InChI=1S/C14H19NO6.2C11H14O5.C11H14O4.2Ac/c1-15(2)13(17)20-7-14-10-6-19-5-9(12(16)18-3)8(10)4-11(14)21-14;1-14-10(13)7-3-15-4-8-6(7)2-9-11(8,5-12)16-9;1-15-10(13)8-5-16-11(14)9-6(4-12)2-3-7(8)9;1-14-11(13)10-6-15-5-9-7(4-12)2-3-8(9)10;;/h5,8,10-11H,4,6-7H2,1-3H3;3,6,8-9,12H,2,4-5H2,1H3;2,5,7,9,11-12,14H,3-4H2,1H3;2,6,8-9,12H,3-5H2,1H3;;. The van der Waals surface area contributed by atoms with Gasteiger partial charge in [0.15, 0.2) is 0 Å². The number of esters is 4. The first-order valence-corrected chi connectivity index (χ1v) is 22.4. The summed E-state index contributed by atoms with van der Waals surface area (Å²) in [6, 6.07) is 0. The Morgan fingerprint density at radius 3 is 1.56 bits per heavy atom. The summed E-state index contributed by atoms with van der Waals surface area (Å²) in [6.45, 7) is 1.60. The molecule has 2 radical (unpaired) electrons. The monoisotopic (exact) mass is 1410 g/mol. The van der Waals surface area contributed by atoms with E-state index < -0.39 is 29.6 Å². The Morgan fingerprint density at radius 1 is 0.614 bits per heavy atom. The van der Waals surface area contributed by atoms with Gasteiger partial charge in [0.25, 0.3) is 0 Å². The predicted octanol–water partition coefficient (Wildman–Crippen LogP) is 0.960. The molecular formula is C47H61Ac2NO20. The molecule has 1 amide bonds. The Bertz CT molecular complexity index is 2150. The van der Waals surface area contributed by atoms with Gasteiger partial charge >= 0.3 is 30.0 Å². The van der Waals surface area contributed by atoms with Crippen LogP contribution in [0.3, 0.4) is 0 Å². The summed E-state index contributed by atoms with van der Waals surface area (Å²) in [6.07, 6.45) is 11.1. The molecule has 2 saturated carbocycles. The topological polar surface area (TPSA) is 278 Å². The minimum atomic E-state index is -1.00. The van der Waals surface area contributed by atoms with Crippen molar-refractivity contribution in [2.45, 2.75) is 55.4 Å². The van der Waals surface area contributed by atoms with Crippen molar-refractivity contribution < 1.29 is 185 Å². The number of aliphatic hydroxyl groups excluding tert-OH is 4. The second-order valence-electron chi connectivity index (χ2n) is 18.1. The van der Waals surface area contributed by atoms with Gasteiger partial charge in [0.05, 0.1) is 134 Å². The molecule has 0 bridgehead atoms. The van der Waals surface area contributed by atoms with Crippen molar-refractivity contribution >= 4 is 30.0 Å². The molecule has 4 fully saturated rings. The molecule has 6 heterocycles. The van der Waals surface area contributed by atoms with Crippen molar-refractivity contribution in [1.82, 2.24) is 4.90 Å². The fraction of sp³-hybridized carbons (Fsp3) is 0.638. The number of ether oxygens (including phenoxy) is 11. The van der Waals surface area contributed by atoms with Gasteiger partial charge in [-0.05, 0) is 36.8 Å². The largest absolute Gasteiger partial charge is 0.500 e. The van der Waals surface area contributed by atoms with Gasteiger partial charge in [0, 0.05) is 144 Å². The maximum atomic E-state index is 11.8. The molecule has 6 aliphatic heterocycles. The van der Waals surface area contributed by atoms with E-state index in [9.17, 15) is 34.2 Å². The number of aliphatic hydroxyl groups is 4. The first kappa shape index (κ1) is 58.3. The van der Waals surface area contributed by atoms with E-state index in [-0.39, 0.29) is 192 Å². The van der Waals surface area contributed by atoms with E-state index in [4.69, 9.17) is 57.6 Å². The number of nitrogens with zero attached hydrogens (tertiary/aromatic N) is 1. The summed E-state index contributed by atoms with van der Waals surface area (Å²) in [7, 11) is 8.64. The van der Waals surface area contributed by atoms with Gasteiger partial charge in [-0.15, -0.1) is 0 Å². The fourth-order valence-corrected chi connectivity index (χ4v) is 10.9. The summed E-state index contributed by atoms with van der Waals surface area (Å²) in [5.41, 5.74) is 2.82. The summed E-state index contributed by atoms with van der Waals surface area (Å²) >= 11 is 0. The zero-order chi connectivity index (χ0) is 49.1. The molecule has 13 unspecified atom stereocenters. The van der Waals surface area contributed by atoms with Crippen LogP contribution in [-0.4, -0.2) is 174 Å². The van der Waals surface area contributed by atoms with Crippen molar-refractivity contribution in [3.63, 3.8) is 0 Å². The van der Waals surface area contributed by atoms with E-state index in [1.54, 1.807) is 14.1 Å². The molecule has 13 atom stereocenters. The Morgan fingerprint density at radius 2 is 1.06 bits per heavy atom. The van der Waals surface area contributed by atoms with Crippen LogP contribution in [0.4, 0.5) is 4.79 Å². The van der Waals surface area contributed by atoms with Crippen LogP contribution in [0.25, 0.3) is 0 Å². The number of rotatable bonds is 9. The van der Waals surface area contributed by atoms with Gasteiger partial charge in [-0.25, -0.2) is 24.0 Å². The average molecular weight is 1410 g/mol. The zero-order valence-electron chi connectivity index (χ0n) is 40.0. The van der Waals surface area contributed by atoms with Crippen molar-refractivity contribution in [1.29, 1.82) is 0 Å². The van der Waals surface area contributed by atoms with E-state index >= 15 is 0 Å². The quantitative estimate of drug-likeness (QED) is 0.108. The molecule has 0 aromatic heterocycles. The second kappa shape index (κ2) is 25.1. The van der Waals surface area contributed by atoms with Crippen molar-refractivity contribution in [2.24, 2.45) is 47.3 Å². The third-order valence-corrected chi connectivity index (χ3v) is 14.7. The number of epoxide rings is 2. The van der Waals surface area contributed by atoms with Crippen molar-refractivity contribution in [3.05, 3.63) is 70.6 Å². The smallest absolute Gasteiger partial charge is 0.409 e. The van der Waals surface area contributed by atoms with Gasteiger partial charge in [0.1, 0.15) is 17.8 Å². The average Bonchev–Trinajstić information content (AvgIpc) is 3.92. The van der Waals surface area contributed by atoms with Gasteiger partial charge < -0.3 is 77.4 Å². The molecule has 0 spiro atoms. The number of carbonyl (C=O) groups is 5. The van der Waals surface area contributed by atoms with E-state index in [1.165, 1.54) is 58.4 Å². The molecule has 0 aromatic carbocycles. The number of allylic oxidation sites excluding steroid dienone is 2. The maximum Gasteiger partial charge on any atom is 0.409 e. The van der Waals surface area contributed by atoms with Crippen LogP contribution in [0.5, 0.6) is 0 Å². The maximum absolute atomic E-state index is 11.8. The normalized spacial score (nSPS) is 34.3. The van der Waals surface area contributed by atoms with E-state index in [0.29, 0.717) is 54.1 Å². The van der Waals surface area contributed by atoms with Crippen molar-refractivity contribution in [2.75, 3.05) is 88.8 Å². The molecule has 380 valence electrons. The Hall–Kier alpha value is -2.57. The SMILES string of the molecule is COC(=O)C1=COC(O)C2C(CO)=CCC12.COC(=O)C1=COCC2C(CO)=CCC12.COC(=O)C1=COCC2C1CC1OC12CO.COC(=O)C1=COCC2C1CC1OC12COC(=O)N(C)C.[Ac].[Ac]. The van der Waals surface area contributed by atoms with Crippen LogP contribution in [0.15, 0.2) is 70.6 Å². The van der Waals surface area contributed by atoms with Crippen LogP contribution >= 0.6 is 0 Å². The van der Waals surface area contributed by atoms with Gasteiger partial charge in [-0.2, -0.15) is 0 Å². The molecule has 0 aromatic rings. The van der Waals surface area contributed by atoms with Gasteiger partial charge in [-0.3, -0.25) is 0 Å². The van der Waals surface area contributed by atoms with Crippen LogP contribution in [-0.2, 0) is 71.3 Å². The minimum Gasteiger partial charge on any atom is -0.500 e. The molecule has 23 heteroatoms. The second-order valence-corrected chi connectivity index (χ2v) is 18.1. The Labute approximate surface area is 476 Å². The zero-order valence-corrected chi connectivity index (χ0v) is 49.5. The molecule has 2 saturated heterocycles. The molecule has 21 nitrogen and oxygen atoms in total. The van der Waals surface area contributed by atoms with Crippen LogP contribution < -0.4 is 0 Å². The summed E-state index contributed by atoms with van der Waals surface area (Å²) < 4.78 is 56.3. The van der Waals surface area contributed by atoms with Crippen LogP contribution in [0.2, 0.25) is 0 Å². The molecule has 70 heavy (non-hydrogen) atoms. The summed E-state index contributed by atoms with van der Waals surface area (Å²) in [5, 5.41) is 37.3. The molecule has 4 N–H and O–H groups in total. The molecule has 4 aliphatic carbocycles. The van der Waals surface area contributed by atoms with Gasteiger partial charge in [-0.1, -0.05) is 12.2 Å². The van der Waals surface area contributed by atoms with Crippen LogP contribution in [0.1, 0.15) is 25.7 Å². The number of amides is 1. The Balaban J connectivity index is 0.000000174. The molecule has 10 rings (SSSR count). The third-order valence-electron chi connectivity index (χ3n) is 14.7. The van der Waals surface area contributed by atoms with Crippen LogP contribution in [0, 0.1) is 135 Å². The first-order valence-electron chi connectivity index (χ1n) is 22.4. The third kappa shape index (κ3) is 11.5. The minimum absolute atomic E-state index is 0. The first-order chi connectivity index (χ1) is 32.7. The summed E-state index contributed by atoms with van der Waals surface area (Å²) in [4.78, 5) is 59.2. The molecule has 10 aliphatic rings. The fourth-order valence-electron chi connectivity index (χ4n) is 10.9. The van der Waals surface area contributed by atoms with E-state index in [2.05, 4.69) is 4.74 Å². The number of carbonyl (C=O) groups excluding carboxylic acids is 5. The number of hydrogen-bond acceptors (Lipinski definition) is 20. The summed E-state index contributed by atoms with van der Waals surface area (Å²) in [5.74, 6) is -1.51. The van der Waals surface area contributed by atoms with Crippen molar-refractivity contribution in [3.8, 4) is 0 Å². The van der Waals surface area contributed by atoms with E-state index in [1.807, 2.05) is 12.2 Å². The predicted molar refractivity (Wildman–Crippen MR) is 229 cm³/mol. The van der Waals surface area contributed by atoms with E-state index in [0.717, 1.165) is 24.8 Å². The number of methoxy groups -OCH3 is 4. The van der Waals surface area contributed by atoms with Gasteiger partial charge in [0.2, 0.25) is 6.29 Å².